The molecule has 2 aromatic rings. The third-order valence-corrected chi connectivity index (χ3v) is 3.62. The minimum atomic E-state index is -0.143. The summed E-state index contributed by atoms with van der Waals surface area (Å²) in [5.74, 6) is 1.21. The van der Waals surface area contributed by atoms with Crippen LogP contribution in [0.2, 0.25) is 0 Å². The molecule has 0 unspecified atom stereocenters. The first kappa shape index (κ1) is 14.4. The van der Waals surface area contributed by atoms with Crippen molar-refractivity contribution >= 4 is 11.6 Å². The Balaban J connectivity index is 1.45. The van der Waals surface area contributed by atoms with E-state index < -0.39 is 0 Å². The highest BCUT2D eigenvalue weighted by molar-refractivity contribution is 5.93. The van der Waals surface area contributed by atoms with Crippen molar-refractivity contribution in [3.05, 3.63) is 47.8 Å². The molecule has 6 nitrogen and oxygen atoms in total. The van der Waals surface area contributed by atoms with Crippen LogP contribution in [0, 0.1) is 6.92 Å². The fraction of sp³-hybridized carbons (Fsp3) is 0.375. The van der Waals surface area contributed by atoms with E-state index in [0.29, 0.717) is 24.6 Å². The predicted molar refractivity (Wildman–Crippen MR) is 83.8 cm³/mol. The number of hydrogen-bond acceptors (Lipinski definition) is 5. The smallest absolute Gasteiger partial charge is 0.254 e. The van der Waals surface area contributed by atoms with E-state index in [2.05, 4.69) is 25.6 Å². The van der Waals surface area contributed by atoms with Gasteiger partial charge in [0.15, 0.2) is 0 Å². The van der Waals surface area contributed by atoms with E-state index in [9.17, 15) is 4.79 Å². The second kappa shape index (κ2) is 6.51. The molecule has 1 amide bonds. The first-order valence-corrected chi connectivity index (χ1v) is 7.48. The van der Waals surface area contributed by atoms with E-state index in [-0.39, 0.29) is 5.91 Å². The molecule has 1 saturated carbocycles. The maximum Gasteiger partial charge on any atom is 0.254 e. The van der Waals surface area contributed by atoms with Gasteiger partial charge in [-0.05, 0) is 31.4 Å². The minimum Gasteiger partial charge on any atom is -0.383 e. The van der Waals surface area contributed by atoms with Gasteiger partial charge < -0.3 is 10.6 Å². The minimum absolute atomic E-state index is 0.143. The van der Waals surface area contributed by atoms with Crippen molar-refractivity contribution in [2.24, 2.45) is 0 Å². The molecule has 0 spiro atoms. The number of hydrogen-bond donors (Lipinski definition) is 2. The van der Waals surface area contributed by atoms with Gasteiger partial charge in [0.25, 0.3) is 5.91 Å². The van der Waals surface area contributed by atoms with E-state index >= 15 is 0 Å². The average Bonchev–Trinajstić information content (AvgIpc) is 3.38. The zero-order chi connectivity index (χ0) is 15.4. The second-order valence-corrected chi connectivity index (χ2v) is 5.48. The summed E-state index contributed by atoms with van der Waals surface area (Å²) in [7, 11) is 0. The number of anilines is 1. The topological polar surface area (TPSA) is 79.8 Å². The summed E-state index contributed by atoms with van der Waals surface area (Å²) in [6, 6.07) is 1.92. The third-order valence-electron chi connectivity index (χ3n) is 3.62. The van der Waals surface area contributed by atoms with Crippen LogP contribution in [-0.4, -0.2) is 33.9 Å². The SMILES string of the molecule is Cc1cnccc1NCCNC(=O)c1cnc(C2CC2)nc1. The predicted octanol–water partition coefficient (Wildman–Crippen LogP) is 1.90. The highest BCUT2D eigenvalue weighted by atomic mass is 16.1. The van der Waals surface area contributed by atoms with E-state index in [1.54, 1.807) is 24.8 Å². The summed E-state index contributed by atoms with van der Waals surface area (Å²) in [5, 5.41) is 6.12. The molecule has 6 heteroatoms. The summed E-state index contributed by atoms with van der Waals surface area (Å²) in [5.41, 5.74) is 2.61. The Kier molecular flexibility index (Phi) is 4.27. The third kappa shape index (κ3) is 3.58. The fourth-order valence-electron chi connectivity index (χ4n) is 2.15. The number of nitrogens with zero attached hydrogens (tertiary/aromatic N) is 3. The lowest BCUT2D eigenvalue weighted by Gasteiger charge is -2.09. The molecule has 2 N–H and O–H groups in total. The lowest BCUT2D eigenvalue weighted by atomic mass is 10.2. The van der Waals surface area contributed by atoms with Crippen molar-refractivity contribution in [3.8, 4) is 0 Å². The van der Waals surface area contributed by atoms with Gasteiger partial charge in [-0.3, -0.25) is 9.78 Å². The van der Waals surface area contributed by atoms with Gasteiger partial charge in [-0.25, -0.2) is 9.97 Å². The normalized spacial score (nSPS) is 13.7. The number of rotatable bonds is 6. The molecule has 22 heavy (non-hydrogen) atoms. The number of carbonyl (C=O) groups is 1. The quantitative estimate of drug-likeness (QED) is 0.796. The fourth-order valence-corrected chi connectivity index (χ4v) is 2.15. The van der Waals surface area contributed by atoms with E-state index in [0.717, 1.165) is 29.9 Å². The Morgan fingerprint density at radius 1 is 1.23 bits per heavy atom. The van der Waals surface area contributed by atoms with Gasteiger partial charge in [0, 0.05) is 49.5 Å². The van der Waals surface area contributed by atoms with Crippen LogP contribution in [0.5, 0.6) is 0 Å². The van der Waals surface area contributed by atoms with Crippen molar-refractivity contribution in [1.29, 1.82) is 0 Å². The van der Waals surface area contributed by atoms with Gasteiger partial charge >= 0.3 is 0 Å². The van der Waals surface area contributed by atoms with Crippen molar-refractivity contribution in [2.75, 3.05) is 18.4 Å². The first-order valence-electron chi connectivity index (χ1n) is 7.48. The Bertz CT molecular complexity index is 652. The second-order valence-electron chi connectivity index (χ2n) is 5.48. The lowest BCUT2D eigenvalue weighted by molar-refractivity contribution is 0.0954. The van der Waals surface area contributed by atoms with Crippen LogP contribution in [0.4, 0.5) is 5.69 Å². The summed E-state index contributed by atoms with van der Waals surface area (Å²) in [6.07, 6.45) is 9.08. The molecular formula is C16H19N5O. The van der Waals surface area contributed by atoms with Crippen LogP contribution in [-0.2, 0) is 0 Å². The monoisotopic (exact) mass is 297 g/mol. The molecule has 0 aromatic carbocycles. The van der Waals surface area contributed by atoms with Crippen LogP contribution >= 0.6 is 0 Å². The van der Waals surface area contributed by atoms with Crippen molar-refractivity contribution < 1.29 is 4.79 Å². The molecule has 0 atom stereocenters. The molecule has 114 valence electrons. The van der Waals surface area contributed by atoms with Gasteiger partial charge in [0.2, 0.25) is 0 Å². The number of nitrogens with one attached hydrogen (secondary N) is 2. The van der Waals surface area contributed by atoms with Crippen molar-refractivity contribution in [3.63, 3.8) is 0 Å². The summed E-state index contributed by atoms with van der Waals surface area (Å²) >= 11 is 0. The number of carbonyl (C=O) groups excluding carboxylic acids is 1. The zero-order valence-corrected chi connectivity index (χ0v) is 12.5. The molecule has 1 fully saturated rings. The molecule has 0 bridgehead atoms. The van der Waals surface area contributed by atoms with E-state index in [1.165, 1.54) is 0 Å². The largest absolute Gasteiger partial charge is 0.383 e. The number of aryl methyl sites for hydroxylation is 1. The molecule has 0 radical (unpaired) electrons. The number of aromatic nitrogens is 3. The zero-order valence-electron chi connectivity index (χ0n) is 12.5. The van der Waals surface area contributed by atoms with Crippen LogP contribution in [0.3, 0.4) is 0 Å². The molecule has 2 heterocycles. The van der Waals surface area contributed by atoms with Gasteiger partial charge in [0.05, 0.1) is 5.56 Å². The van der Waals surface area contributed by atoms with Crippen molar-refractivity contribution in [2.45, 2.75) is 25.7 Å². The summed E-state index contributed by atoms with van der Waals surface area (Å²) in [6.45, 7) is 3.18. The van der Waals surface area contributed by atoms with E-state index in [4.69, 9.17) is 0 Å². The standard InChI is InChI=1S/C16H19N5O/c1-11-8-17-5-4-14(11)18-6-7-19-16(22)13-9-20-15(21-10-13)12-2-3-12/h4-5,8-10,12H,2-3,6-7H2,1H3,(H,17,18)(H,19,22). The highest BCUT2D eigenvalue weighted by Gasteiger charge is 2.26. The molecule has 1 aliphatic rings. The van der Waals surface area contributed by atoms with Gasteiger partial charge in [0.1, 0.15) is 5.82 Å². The summed E-state index contributed by atoms with van der Waals surface area (Å²) in [4.78, 5) is 24.5. The maximum absolute atomic E-state index is 12.0. The van der Waals surface area contributed by atoms with Gasteiger partial charge in [-0.1, -0.05) is 0 Å². The molecule has 0 saturated heterocycles. The van der Waals surface area contributed by atoms with E-state index in [1.807, 2.05) is 13.0 Å². The van der Waals surface area contributed by atoms with Crippen LogP contribution in [0.25, 0.3) is 0 Å². The Labute approximate surface area is 129 Å². The molecule has 2 aromatic heterocycles. The average molecular weight is 297 g/mol. The highest BCUT2D eigenvalue weighted by Crippen LogP contribution is 2.37. The number of amides is 1. The van der Waals surface area contributed by atoms with Crippen LogP contribution < -0.4 is 10.6 Å². The Morgan fingerprint density at radius 3 is 2.68 bits per heavy atom. The molecule has 1 aliphatic carbocycles. The Morgan fingerprint density at radius 2 is 2.00 bits per heavy atom. The molecule has 3 rings (SSSR count). The van der Waals surface area contributed by atoms with Gasteiger partial charge in [-0.2, -0.15) is 0 Å². The van der Waals surface area contributed by atoms with Crippen LogP contribution in [0.15, 0.2) is 30.9 Å². The molecular weight excluding hydrogens is 278 g/mol. The van der Waals surface area contributed by atoms with Gasteiger partial charge in [-0.15, -0.1) is 0 Å². The van der Waals surface area contributed by atoms with Crippen molar-refractivity contribution in [1.82, 2.24) is 20.3 Å². The Hall–Kier alpha value is -2.50. The maximum atomic E-state index is 12.0. The van der Waals surface area contributed by atoms with Crippen LogP contribution in [0.1, 0.15) is 40.5 Å². The number of pyridine rings is 1. The summed E-state index contributed by atoms with van der Waals surface area (Å²) < 4.78 is 0. The first-order chi connectivity index (χ1) is 10.7. The molecule has 0 aliphatic heterocycles. The lowest BCUT2D eigenvalue weighted by Crippen LogP contribution is -2.29.